The van der Waals surface area contributed by atoms with Crippen molar-refractivity contribution in [2.75, 3.05) is 0 Å². The minimum absolute atomic E-state index is 0.184. The topological polar surface area (TPSA) is 26.0 Å². The van der Waals surface area contributed by atoms with Gasteiger partial charge in [0.2, 0.25) is 0 Å². The molecule has 2 atom stereocenters. The Kier molecular flexibility index (Phi) is 4.30. The van der Waals surface area contributed by atoms with Crippen LogP contribution >= 0.6 is 0 Å². The Hall–Kier alpha value is -0.820. The minimum Gasteiger partial charge on any atom is -0.324 e. The molecule has 0 spiro atoms. The summed E-state index contributed by atoms with van der Waals surface area (Å²) in [6, 6.07) is 2.48. The van der Waals surface area contributed by atoms with E-state index in [2.05, 4.69) is 47.6 Å². The fourth-order valence-electron chi connectivity index (χ4n) is 4.14. The van der Waals surface area contributed by atoms with Crippen LogP contribution in [0, 0.1) is 39.0 Å². The van der Waals surface area contributed by atoms with E-state index in [1.165, 1.54) is 53.5 Å². The number of rotatable bonds is 2. The first-order chi connectivity index (χ1) is 9.25. The normalized spacial score (nSPS) is 23.6. The Morgan fingerprint density at radius 2 is 1.60 bits per heavy atom. The third-order valence-corrected chi connectivity index (χ3v) is 5.78. The Morgan fingerprint density at radius 3 is 2.10 bits per heavy atom. The van der Waals surface area contributed by atoms with Crippen LogP contribution in [0.3, 0.4) is 0 Å². The number of nitrogens with two attached hydrogens (primary N) is 1. The first-order valence-corrected chi connectivity index (χ1v) is 8.08. The molecule has 1 aromatic rings. The van der Waals surface area contributed by atoms with Crippen molar-refractivity contribution >= 4 is 0 Å². The summed E-state index contributed by atoms with van der Waals surface area (Å²) in [5.74, 6) is 0.606. The van der Waals surface area contributed by atoms with Gasteiger partial charge in [0.25, 0.3) is 0 Å². The molecule has 1 nitrogen and oxygen atoms in total. The zero-order valence-corrected chi connectivity index (χ0v) is 14.1. The fraction of sp³-hybridized carbons (Fsp3) is 0.684. The second kappa shape index (κ2) is 5.52. The number of benzene rings is 1. The molecule has 2 rings (SSSR count). The molecule has 2 N–H and O–H groups in total. The fourth-order valence-corrected chi connectivity index (χ4v) is 4.14. The van der Waals surface area contributed by atoms with Crippen molar-refractivity contribution in [3.63, 3.8) is 0 Å². The average molecular weight is 273 g/mol. The van der Waals surface area contributed by atoms with Gasteiger partial charge in [0, 0.05) is 6.04 Å². The van der Waals surface area contributed by atoms with Gasteiger partial charge in [0.1, 0.15) is 0 Å². The predicted octanol–water partition coefficient (Wildman–Crippen LogP) is 5.14. The average Bonchev–Trinajstić information content (AvgIpc) is 2.36. The summed E-state index contributed by atoms with van der Waals surface area (Å²) < 4.78 is 0. The molecule has 0 bridgehead atoms. The Labute approximate surface area is 125 Å². The van der Waals surface area contributed by atoms with Crippen LogP contribution in [0.5, 0.6) is 0 Å². The maximum atomic E-state index is 6.78. The third kappa shape index (κ3) is 2.65. The van der Waals surface area contributed by atoms with Gasteiger partial charge in [0.05, 0.1) is 0 Å². The summed E-state index contributed by atoms with van der Waals surface area (Å²) in [5, 5.41) is 0. The van der Waals surface area contributed by atoms with Gasteiger partial charge in [0.15, 0.2) is 0 Å². The highest BCUT2D eigenvalue weighted by atomic mass is 14.7. The molecule has 1 heteroatoms. The van der Waals surface area contributed by atoms with Crippen LogP contribution < -0.4 is 5.73 Å². The summed E-state index contributed by atoms with van der Waals surface area (Å²) >= 11 is 0. The molecular weight excluding hydrogens is 242 g/mol. The molecule has 1 aliphatic carbocycles. The van der Waals surface area contributed by atoms with Crippen LogP contribution in [0.1, 0.15) is 73.4 Å². The van der Waals surface area contributed by atoms with Gasteiger partial charge in [-0.2, -0.15) is 0 Å². The lowest BCUT2D eigenvalue weighted by Crippen LogP contribution is -2.37. The quantitative estimate of drug-likeness (QED) is 0.793. The van der Waals surface area contributed by atoms with Crippen LogP contribution in [0.4, 0.5) is 0 Å². The Morgan fingerprint density at radius 1 is 1.05 bits per heavy atom. The van der Waals surface area contributed by atoms with Crippen LogP contribution in [0.15, 0.2) is 6.07 Å². The molecule has 2 unspecified atom stereocenters. The van der Waals surface area contributed by atoms with Gasteiger partial charge in [-0.3, -0.25) is 0 Å². The third-order valence-electron chi connectivity index (χ3n) is 5.78. The molecule has 0 radical (unpaired) electrons. The molecule has 1 saturated carbocycles. The highest BCUT2D eigenvalue weighted by molar-refractivity contribution is 5.46. The van der Waals surface area contributed by atoms with Gasteiger partial charge in [-0.15, -0.1) is 0 Å². The van der Waals surface area contributed by atoms with E-state index in [9.17, 15) is 0 Å². The predicted molar refractivity (Wildman–Crippen MR) is 88.1 cm³/mol. The number of aryl methyl sites for hydroxylation is 2. The molecule has 0 saturated heterocycles. The molecular formula is C19H31N. The lowest BCUT2D eigenvalue weighted by molar-refractivity contribution is 0.112. The van der Waals surface area contributed by atoms with Crippen LogP contribution in [-0.2, 0) is 0 Å². The highest BCUT2D eigenvalue weighted by Gasteiger charge is 2.37. The SMILES string of the molecule is Cc1cc(C)c(C)c(C(N)C2CCCCC2(C)C)c1C. The standard InChI is InChI=1S/C19H31N/c1-12-11-13(2)15(4)17(14(12)3)18(20)16-9-7-8-10-19(16,5)6/h11,16,18H,7-10,20H2,1-6H3. The number of hydrogen-bond donors (Lipinski definition) is 1. The first-order valence-electron chi connectivity index (χ1n) is 8.08. The van der Waals surface area contributed by atoms with E-state index in [0.717, 1.165) is 0 Å². The summed E-state index contributed by atoms with van der Waals surface area (Å²) in [7, 11) is 0. The Bertz CT molecular complexity index is 473. The second-order valence-corrected chi connectivity index (χ2v) is 7.54. The van der Waals surface area contributed by atoms with E-state index >= 15 is 0 Å². The van der Waals surface area contributed by atoms with Crippen LogP contribution in [0.2, 0.25) is 0 Å². The summed E-state index contributed by atoms with van der Waals surface area (Å²) in [6.45, 7) is 13.7. The van der Waals surface area contributed by atoms with Crippen LogP contribution in [-0.4, -0.2) is 0 Å². The molecule has 20 heavy (non-hydrogen) atoms. The van der Waals surface area contributed by atoms with E-state index < -0.39 is 0 Å². The van der Waals surface area contributed by atoms with Gasteiger partial charge >= 0.3 is 0 Å². The molecule has 0 heterocycles. The van der Waals surface area contributed by atoms with Gasteiger partial charge < -0.3 is 5.73 Å². The van der Waals surface area contributed by atoms with E-state index in [0.29, 0.717) is 11.3 Å². The monoisotopic (exact) mass is 273 g/mol. The van der Waals surface area contributed by atoms with Crippen LogP contribution in [0.25, 0.3) is 0 Å². The van der Waals surface area contributed by atoms with Crippen molar-refractivity contribution in [1.29, 1.82) is 0 Å². The van der Waals surface area contributed by atoms with Crippen molar-refractivity contribution in [2.24, 2.45) is 17.1 Å². The second-order valence-electron chi connectivity index (χ2n) is 7.54. The molecule has 0 aliphatic heterocycles. The molecule has 112 valence electrons. The van der Waals surface area contributed by atoms with Crippen molar-refractivity contribution in [3.05, 3.63) is 33.9 Å². The molecule has 1 aliphatic rings. The van der Waals surface area contributed by atoms with Crippen molar-refractivity contribution < 1.29 is 0 Å². The van der Waals surface area contributed by atoms with Crippen molar-refractivity contribution in [1.82, 2.24) is 0 Å². The Balaban J connectivity index is 2.45. The number of hydrogen-bond acceptors (Lipinski definition) is 1. The molecule has 0 amide bonds. The summed E-state index contributed by atoms with van der Waals surface area (Å²) in [6.07, 6.45) is 5.29. The molecule has 1 aromatic carbocycles. The lowest BCUT2D eigenvalue weighted by Gasteiger charge is -2.43. The highest BCUT2D eigenvalue weighted by Crippen LogP contribution is 2.47. The van der Waals surface area contributed by atoms with E-state index in [1.54, 1.807) is 0 Å². The van der Waals surface area contributed by atoms with Gasteiger partial charge in [-0.1, -0.05) is 32.8 Å². The van der Waals surface area contributed by atoms with E-state index in [4.69, 9.17) is 5.73 Å². The van der Waals surface area contributed by atoms with Crippen molar-refractivity contribution in [2.45, 2.75) is 73.3 Å². The maximum Gasteiger partial charge on any atom is 0.0334 e. The molecule has 0 aromatic heterocycles. The lowest BCUT2D eigenvalue weighted by atomic mass is 9.64. The largest absolute Gasteiger partial charge is 0.324 e. The summed E-state index contributed by atoms with van der Waals surface area (Å²) in [4.78, 5) is 0. The molecule has 1 fully saturated rings. The van der Waals surface area contributed by atoms with E-state index in [1.807, 2.05) is 0 Å². The zero-order chi connectivity index (χ0) is 15.1. The zero-order valence-electron chi connectivity index (χ0n) is 14.1. The smallest absolute Gasteiger partial charge is 0.0334 e. The van der Waals surface area contributed by atoms with Crippen molar-refractivity contribution in [3.8, 4) is 0 Å². The van der Waals surface area contributed by atoms with E-state index in [-0.39, 0.29) is 6.04 Å². The first kappa shape index (κ1) is 15.6. The van der Waals surface area contributed by atoms with Gasteiger partial charge in [-0.05, 0) is 79.7 Å². The van der Waals surface area contributed by atoms with Gasteiger partial charge in [-0.25, -0.2) is 0 Å². The maximum absolute atomic E-state index is 6.78. The summed E-state index contributed by atoms with van der Waals surface area (Å²) in [5.41, 5.74) is 14.1. The minimum atomic E-state index is 0.184.